The lowest BCUT2D eigenvalue weighted by atomic mass is 9.82. The molecule has 0 aromatic heterocycles. The van der Waals surface area contributed by atoms with Gasteiger partial charge in [0.25, 0.3) is 0 Å². The summed E-state index contributed by atoms with van der Waals surface area (Å²) in [6, 6.07) is 57.3. The van der Waals surface area contributed by atoms with Gasteiger partial charge in [-0.1, -0.05) is 168 Å². The highest BCUT2D eigenvalue weighted by molar-refractivity contribution is 6.06. The second kappa shape index (κ2) is 13.5. The van der Waals surface area contributed by atoms with Gasteiger partial charge in [0.1, 0.15) is 0 Å². The van der Waals surface area contributed by atoms with Gasteiger partial charge in [0.05, 0.1) is 5.69 Å². The predicted molar refractivity (Wildman–Crippen MR) is 227 cm³/mol. The van der Waals surface area contributed by atoms with Crippen molar-refractivity contribution in [2.45, 2.75) is 77.0 Å². The van der Waals surface area contributed by atoms with Crippen molar-refractivity contribution in [2.75, 3.05) is 4.90 Å². The number of fused-ring (bicyclic) bond motifs is 4. The van der Waals surface area contributed by atoms with Crippen LogP contribution in [0.3, 0.4) is 0 Å². The molecule has 1 nitrogen and oxygen atoms in total. The molecule has 7 aromatic rings. The van der Waals surface area contributed by atoms with Crippen molar-refractivity contribution in [1.29, 1.82) is 0 Å². The summed E-state index contributed by atoms with van der Waals surface area (Å²) in [6.45, 7) is 9.37. The molecule has 0 unspecified atom stereocenters. The quantitative estimate of drug-likeness (QED) is 0.161. The van der Waals surface area contributed by atoms with E-state index in [1.165, 1.54) is 110 Å². The molecule has 1 saturated carbocycles. The average molecular weight is 688 g/mol. The Kier molecular flexibility index (Phi) is 8.54. The van der Waals surface area contributed by atoms with E-state index in [0.29, 0.717) is 5.92 Å². The molecule has 0 amide bonds. The van der Waals surface area contributed by atoms with Crippen molar-refractivity contribution in [3.63, 3.8) is 0 Å². The fourth-order valence-corrected chi connectivity index (χ4v) is 9.40. The monoisotopic (exact) mass is 687 g/mol. The molecule has 1 heteroatoms. The molecule has 0 saturated heterocycles. The normalized spacial score (nSPS) is 15.0. The molecule has 0 aliphatic heterocycles. The lowest BCUT2D eigenvalue weighted by Gasteiger charge is -2.31. The van der Waals surface area contributed by atoms with Crippen molar-refractivity contribution in [3.8, 4) is 33.4 Å². The molecule has 53 heavy (non-hydrogen) atoms. The van der Waals surface area contributed by atoms with E-state index in [-0.39, 0.29) is 5.41 Å². The number of anilines is 3. The predicted octanol–water partition coefficient (Wildman–Crippen LogP) is 15.1. The summed E-state index contributed by atoms with van der Waals surface area (Å²) in [5.41, 5.74) is 16.8. The molecule has 1 fully saturated rings. The van der Waals surface area contributed by atoms with E-state index in [1.54, 1.807) is 0 Å². The van der Waals surface area contributed by atoms with E-state index >= 15 is 0 Å². The van der Waals surface area contributed by atoms with E-state index in [2.05, 4.69) is 184 Å². The van der Waals surface area contributed by atoms with Gasteiger partial charge in [0.2, 0.25) is 0 Å². The van der Waals surface area contributed by atoms with Crippen LogP contribution in [0.2, 0.25) is 0 Å². The maximum Gasteiger partial charge on any atom is 0.0546 e. The topological polar surface area (TPSA) is 3.24 Å². The zero-order valence-corrected chi connectivity index (χ0v) is 31.6. The first-order valence-corrected chi connectivity index (χ1v) is 19.7. The summed E-state index contributed by atoms with van der Waals surface area (Å²) >= 11 is 0. The summed E-state index contributed by atoms with van der Waals surface area (Å²) in [6.07, 6.45) is 6.77. The first-order chi connectivity index (χ1) is 25.9. The van der Waals surface area contributed by atoms with E-state index in [4.69, 9.17) is 0 Å². The third-order valence-corrected chi connectivity index (χ3v) is 12.3. The van der Waals surface area contributed by atoms with Gasteiger partial charge in [0.15, 0.2) is 0 Å². The molecule has 9 rings (SSSR count). The summed E-state index contributed by atoms with van der Waals surface area (Å²) < 4.78 is 0. The number of hydrogen-bond donors (Lipinski definition) is 0. The Morgan fingerprint density at radius 2 is 1.17 bits per heavy atom. The molecule has 0 N–H and O–H groups in total. The van der Waals surface area contributed by atoms with Crippen LogP contribution in [0.1, 0.15) is 93.9 Å². The Balaban J connectivity index is 1.22. The molecule has 0 atom stereocenters. The van der Waals surface area contributed by atoms with Gasteiger partial charge in [-0.2, -0.15) is 0 Å². The highest BCUT2D eigenvalue weighted by atomic mass is 15.1. The third-order valence-electron chi connectivity index (χ3n) is 12.3. The Hall–Kier alpha value is -5.40. The molecule has 0 radical (unpaired) electrons. The molecular weight excluding hydrogens is 639 g/mol. The smallest absolute Gasteiger partial charge is 0.0546 e. The van der Waals surface area contributed by atoms with Crippen LogP contribution in [0.4, 0.5) is 17.1 Å². The van der Waals surface area contributed by atoms with Crippen LogP contribution in [-0.2, 0) is 5.41 Å². The van der Waals surface area contributed by atoms with Gasteiger partial charge in [-0.25, -0.2) is 0 Å². The van der Waals surface area contributed by atoms with Crippen LogP contribution in [0.25, 0.3) is 44.2 Å². The molecule has 0 heterocycles. The Morgan fingerprint density at radius 3 is 1.92 bits per heavy atom. The van der Waals surface area contributed by atoms with Gasteiger partial charge in [0, 0.05) is 22.4 Å². The number of nitrogens with zero attached hydrogens (tertiary/aromatic N) is 1. The summed E-state index contributed by atoms with van der Waals surface area (Å²) in [5.74, 6) is 1.10. The highest BCUT2D eigenvalue weighted by Crippen LogP contribution is 2.52. The van der Waals surface area contributed by atoms with E-state index < -0.39 is 0 Å². The van der Waals surface area contributed by atoms with E-state index in [9.17, 15) is 0 Å². The van der Waals surface area contributed by atoms with Gasteiger partial charge in [-0.15, -0.1) is 0 Å². The fourth-order valence-electron chi connectivity index (χ4n) is 9.40. The molecule has 0 bridgehead atoms. The highest BCUT2D eigenvalue weighted by Gasteiger charge is 2.36. The summed E-state index contributed by atoms with van der Waals surface area (Å²) in [7, 11) is 0. The fraction of sp³-hybridized carbons (Fsp3) is 0.231. The van der Waals surface area contributed by atoms with Crippen molar-refractivity contribution in [1.82, 2.24) is 0 Å². The Bertz CT molecular complexity index is 2420. The first-order valence-electron chi connectivity index (χ1n) is 19.7. The maximum atomic E-state index is 2.51. The summed E-state index contributed by atoms with van der Waals surface area (Å²) in [5, 5.41) is 2.52. The lowest BCUT2D eigenvalue weighted by molar-refractivity contribution is 0.443. The largest absolute Gasteiger partial charge is 0.310 e. The second-order valence-electron chi connectivity index (χ2n) is 16.2. The maximum absolute atomic E-state index is 2.51. The zero-order valence-electron chi connectivity index (χ0n) is 31.6. The first kappa shape index (κ1) is 33.4. The molecule has 262 valence electrons. The van der Waals surface area contributed by atoms with Crippen LogP contribution in [0.5, 0.6) is 0 Å². The molecule has 0 spiro atoms. The van der Waals surface area contributed by atoms with Crippen LogP contribution in [-0.4, -0.2) is 0 Å². The molecular formula is C52H49N. The van der Waals surface area contributed by atoms with Crippen LogP contribution in [0.15, 0.2) is 152 Å². The third kappa shape index (κ3) is 5.88. The van der Waals surface area contributed by atoms with Crippen molar-refractivity contribution in [2.24, 2.45) is 0 Å². The number of hydrogen-bond acceptors (Lipinski definition) is 1. The Morgan fingerprint density at radius 1 is 0.547 bits per heavy atom. The van der Waals surface area contributed by atoms with Gasteiger partial charge >= 0.3 is 0 Å². The Labute approximate surface area is 316 Å². The van der Waals surface area contributed by atoms with Crippen LogP contribution in [0, 0.1) is 0 Å². The minimum atomic E-state index is -0.0995. The standard InChI is InChI=1S/C52H49N/c1-35(2)43-17-10-11-20-47(43)51-44-18-9-8-16-40(44)28-33-50(51)53(42-31-32-46-45-19-12-13-21-48(45)52(3,4)49(46)34-42)41-29-26-39(27-30-41)38-24-22-37(23-25-38)36-14-6-5-7-15-36/h8-13,16-36H,5-7,14-15H2,1-4H3. The van der Waals surface area contributed by atoms with Crippen LogP contribution >= 0.6 is 0 Å². The molecule has 2 aliphatic carbocycles. The minimum absolute atomic E-state index is 0.0995. The number of benzene rings is 7. The zero-order chi connectivity index (χ0) is 36.1. The lowest BCUT2D eigenvalue weighted by Crippen LogP contribution is -2.17. The van der Waals surface area contributed by atoms with Crippen LogP contribution < -0.4 is 4.90 Å². The van der Waals surface area contributed by atoms with E-state index in [1.807, 2.05) is 0 Å². The van der Waals surface area contributed by atoms with Crippen molar-refractivity contribution in [3.05, 3.63) is 174 Å². The van der Waals surface area contributed by atoms with Gasteiger partial charge < -0.3 is 4.90 Å². The van der Waals surface area contributed by atoms with Gasteiger partial charge in [-0.3, -0.25) is 0 Å². The summed E-state index contributed by atoms with van der Waals surface area (Å²) in [4.78, 5) is 2.51. The van der Waals surface area contributed by atoms with Crippen molar-refractivity contribution >= 4 is 27.8 Å². The van der Waals surface area contributed by atoms with Gasteiger partial charge in [-0.05, 0) is 116 Å². The minimum Gasteiger partial charge on any atom is -0.310 e. The molecule has 7 aromatic carbocycles. The molecule has 2 aliphatic rings. The number of rotatable bonds is 7. The average Bonchev–Trinajstić information content (AvgIpc) is 3.44. The van der Waals surface area contributed by atoms with Crippen molar-refractivity contribution < 1.29 is 0 Å². The van der Waals surface area contributed by atoms with E-state index in [0.717, 1.165) is 11.6 Å². The SMILES string of the molecule is CC(C)c1ccccc1-c1c(N(c2ccc(-c3ccc(C4CCCCC4)cc3)cc2)c2ccc3c(c2)C(C)(C)c2ccccc2-3)ccc2ccccc12. The second-order valence-corrected chi connectivity index (χ2v) is 16.2.